The fourth-order valence-electron chi connectivity index (χ4n) is 2.12. The third-order valence-electron chi connectivity index (χ3n) is 3.27. The van der Waals surface area contributed by atoms with Crippen LogP contribution >= 0.6 is 27.5 Å². The Morgan fingerprint density at radius 2 is 1.85 bits per heavy atom. The number of nitrogens with one attached hydrogen (secondary N) is 1. The predicted octanol–water partition coefficient (Wildman–Crippen LogP) is 5.58. The van der Waals surface area contributed by atoms with E-state index in [9.17, 15) is 4.39 Å². The Morgan fingerprint density at radius 1 is 1.20 bits per heavy atom. The van der Waals surface area contributed by atoms with E-state index in [1.54, 1.807) is 12.1 Å². The first-order chi connectivity index (χ1) is 9.54. The summed E-state index contributed by atoms with van der Waals surface area (Å²) in [6.07, 6.45) is 0. The van der Waals surface area contributed by atoms with Crippen LogP contribution in [0.5, 0.6) is 0 Å². The van der Waals surface area contributed by atoms with E-state index in [1.807, 2.05) is 24.3 Å². The molecule has 106 valence electrons. The van der Waals surface area contributed by atoms with Crippen molar-refractivity contribution in [2.75, 3.05) is 6.54 Å². The average molecular weight is 357 g/mol. The molecule has 0 saturated heterocycles. The first-order valence-corrected chi connectivity index (χ1v) is 7.69. The molecule has 0 saturated carbocycles. The van der Waals surface area contributed by atoms with E-state index in [2.05, 4.69) is 35.1 Å². The van der Waals surface area contributed by atoms with Crippen LogP contribution in [0, 0.1) is 5.82 Å². The van der Waals surface area contributed by atoms with E-state index in [-0.39, 0.29) is 11.1 Å². The van der Waals surface area contributed by atoms with Crippen LogP contribution in [0.1, 0.15) is 25.5 Å². The van der Waals surface area contributed by atoms with Gasteiger partial charge in [-0.15, -0.1) is 0 Å². The minimum absolute atomic E-state index is 0.118. The SMILES string of the molecule is CCNC(C)c1ccc(-c2ccc(Br)c(Cl)c2F)cc1. The zero-order valence-corrected chi connectivity index (χ0v) is 13.7. The molecule has 0 fully saturated rings. The Balaban J connectivity index is 2.33. The minimum atomic E-state index is -0.395. The first kappa shape index (κ1) is 15.5. The van der Waals surface area contributed by atoms with E-state index < -0.39 is 5.82 Å². The highest BCUT2D eigenvalue weighted by atomic mass is 79.9. The molecule has 1 N–H and O–H groups in total. The van der Waals surface area contributed by atoms with Gasteiger partial charge in [-0.1, -0.05) is 48.9 Å². The molecule has 0 radical (unpaired) electrons. The summed E-state index contributed by atoms with van der Waals surface area (Å²) in [5.41, 5.74) is 2.52. The Kier molecular flexibility index (Phi) is 5.19. The van der Waals surface area contributed by atoms with Crippen LogP contribution in [0.15, 0.2) is 40.9 Å². The van der Waals surface area contributed by atoms with Crippen molar-refractivity contribution in [2.24, 2.45) is 0 Å². The van der Waals surface area contributed by atoms with Gasteiger partial charge in [0.1, 0.15) is 0 Å². The highest BCUT2D eigenvalue weighted by Crippen LogP contribution is 2.33. The summed E-state index contributed by atoms with van der Waals surface area (Å²) in [7, 11) is 0. The summed E-state index contributed by atoms with van der Waals surface area (Å²) in [4.78, 5) is 0. The Hall–Kier alpha value is -0.900. The molecule has 2 aromatic rings. The number of benzene rings is 2. The Morgan fingerprint density at radius 3 is 2.45 bits per heavy atom. The molecular formula is C16H16BrClFN. The van der Waals surface area contributed by atoms with Gasteiger partial charge < -0.3 is 5.32 Å². The molecule has 0 amide bonds. The number of rotatable bonds is 4. The lowest BCUT2D eigenvalue weighted by atomic mass is 10.0. The molecule has 1 unspecified atom stereocenters. The van der Waals surface area contributed by atoms with Gasteiger partial charge in [0.15, 0.2) is 5.82 Å². The second kappa shape index (κ2) is 6.70. The molecule has 1 atom stereocenters. The molecule has 0 aliphatic heterocycles. The maximum atomic E-state index is 14.2. The Bertz CT molecular complexity index is 598. The topological polar surface area (TPSA) is 12.0 Å². The van der Waals surface area contributed by atoms with Crippen LogP contribution in [-0.2, 0) is 0 Å². The van der Waals surface area contributed by atoms with Crippen LogP contribution in [0.2, 0.25) is 5.02 Å². The lowest BCUT2D eigenvalue weighted by molar-refractivity contribution is 0.598. The van der Waals surface area contributed by atoms with E-state index in [0.717, 1.165) is 12.1 Å². The summed E-state index contributed by atoms with van der Waals surface area (Å²) < 4.78 is 14.7. The molecule has 0 bridgehead atoms. The number of halogens is 3. The maximum Gasteiger partial charge on any atom is 0.150 e. The van der Waals surface area contributed by atoms with Crippen LogP contribution in [0.25, 0.3) is 11.1 Å². The van der Waals surface area contributed by atoms with Crippen molar-refractivity contribution in [3.63, 3.8) is 0 Å². The van der Waals surface area contributed by atoms with Crippen LogP contribution in [-0.4, -0.2) is 6.54 Å². The standard InChI is InChI=1S/C16H16BrClFN/c1-3-20-10(2)11-4-6-12(7-5-11)13-8-9-14(17)15(18)16(13)19/h4-10,20H,3H2,1-2H3. The maximum absolute atomic E-state index is 14.2. The lowest BCUT2D eigenvalue weighted by Crippen LogP contribution is -2.17. The van der Waals surface area contributed by atoms with Gasteiger partial charge in [0.2, 0.25) is 0 Å². The predicted molar refractivity (Wildman–Crippen MR) is 86.6 cm³/mol. The largest absolute Gasteiger partial charge is 0.310 e. The summed E-state index contributed by atoms with van der Waals surface area (Å²) in [5, 5.41) is 3.47. The molecule has 1 nitrogen and oxygen atoms in total. The Labute approximate surface area is 132 Å². The van der Waals surface area contributed by atoms with Gasteiger partial charge in [-0.05, 0) is 46.6 Å². The fraction of sp³-hybridized carbons (Fsp3) is 0.250. The van der Waals surface area contributed by atoms with Gasteiger partial charge in [0.05, 0.1) is 5.02 Å². The molecule has 0 heterocycles. The van der Waals surface area contributed by atoms with Crippen LogP contribution in [0.3, 0.4) is 0 Å². The summed E-state index contributed by atoms with van der Waals surface area (Å²) in [6.45, 7) is 5.10. The van der Waals surface area contributed by atoms with Gasteiger partial charge in [0.25, 0.3) is 0 Å². The van der Waals surface area contributed by atoms with E-state index in [1.165, 1.54) is 5.56 Å². The van der Waals surface area contributed by atoms with Crippen molar-refractivity contribution in [3.05, 3.63) is 57.3 Å². The minimum Gasteiger partial charge on any atom is -0.310 e. The van der Waals surface area contributed by atoms with Crippen LogP contribution in [0.4, 0.5) is 4.39 Å². The molecule has 0 spiro atoms. The van der Waals surface area contributed by atoms with Gasteiger partial charge >= 0.3 is 0 Å². The molecule has 0 aromatic heterocycles. The van der Waals surface area contributed by atoms with Crippen LogP contribution < -0.4 is 5.32 Å². The monoisotopic (exact) mass is 355 g/mol. The molecule has 4 heteroatoms. The van der Waals surface area contributed by atoms with Crippen molar-refractivity contribution in [1.29, 1.82) is 0 Å². The number of hydrogen-bond donors (Lipinski definition) is 1. The molecule has 2 rings (SSSR count). The number of hydrogen-bond acceptors (Lipinski definition) is 1. The average Bonchev–Trinajstić information content (AvgIpc) is 2.45. The van der Waals surface area contributed by atoms with Gasteiger partial charge in [-0.2, -0.15) is 0 Å². The summed E-state index contributed by atoms with van der Waals surface area (Å²) in [6, 6.07) is 11.6. The third kappa shape index (κ3) is 3.22. The van der Waals surface area contributed by atoms with E-state index in [0.29, 0.717) is 10.0 Å². The smallest absolute Gasteiger partial charge is 0.150 e. The lowest BCUT2D eigenvalue weighted by Gasteiger charge is -2.13. The molecule has 0 aliphatic carbocycles. The normalized spacial score (nSPS) is 12.4. The fourth-order valence-corrected chi connectivity index (χ4v) is 2.60. The van der Waals surface area contributed by atoms with Crippen molar-refractivity contribution < 1.29 is 4.39 Å². The second-order valence-corrected chi connectivity index (χ2v) is 5.86. The van der Waals surface area contributed by atoms with E-state index >= 15 is 0 Å². The zero-order chi connectivity index (χ0) is 14.7. The quantitative estimate of drug-likeness (QED) is 0.705. The highest BCUT2D eigenvalue weighted by Gasteiger charge is 2.12. The molecule has 20 heavy (non-hydrogen) atoms. The van der Waals surface area contributed by atoms with Crippen molar-refractivity contribution in [1.82, 2.24) is 5.32 Å². The van der Waals surface area contributed by atoms with Crippen molar-refractivity contribution in [3.8, 4) is 11.1 Å². The zero-order valence-electron chi connectivity index (χ0n) is 11.4. The van der Waals surface area contributed by atoms with E-state index in [4.69, 9.17) is 11.6 Å². The summed E-state index contributed by atoms with van der Waals surface area (Å²) >= 11 is 9.14. The molecular weight excluding hydrogens is 341 g/mol. The molecule has 0 aliphatic rings. The van der Waals surface area contributed by atoms with Gasteiger partial charge in [-0.25, -0.2) is 4.39 Å². The molecule has 2 aromatic carbocycles. The van der Waals surface area contributed by atoms with Gasteiger partial charge in [0, 0.05) is 16.1 Å². The van der Waals surface area contributed by atoms with Crippen molar-refractivity contribution >= 4 is 27.5 Å². The third-order valence-corrected chi connectivity index (χ3v) is 4.53. The summed E-state index contributed by atoms with van der Waals surface area (Å²) in [5.74, 6) is -0.395. The first-order valence-electron chi connectivity index (χ1n) is 6.51. The highest BCUT2D eigenvalue weighted by molar-refractivity contribution is 9.10. The second-order valence-electron chi connectivity index (χ2n) is 4.62. The van der Waals surface area contributed by atoms with Crippen molar-refractivity contribution in [2.45, 2.75) is 19.9 Å². The van der Waals surface area contributed by atoms with Gasteiger partial charge in [-0.3, -0.25) is 0 Å².